The lowest BCUT2D eigenvalue weighted by Gasteiger charge is -2.16. The quantitative estimate of drug-likeness (QED) is 0.848. The number of methoxy groups -OCH3 is 1. The van der Waals surface area contributed by atoms with Gasteiger partial charge in [0.15, 0.2) is 0 Å². The molecule has 0 saturated heterocycles. The van der Waals surface area contributed by atoms with Gasteiger partial charge in [0.2, 0.25) is 0 Å². The van der Waals surface area contributed by atoms with Gasteiger partial charge in [0, 0.05) is 12.5 Å². The van der Waals surface area contributed by atoms with Gasteiger partial charge in [-0.05, 0) is 43.3 Å². The van der Waals surface area contributed by atoms with E-state index in [1.54, 1.807) is 13.4 Å². The van der Waals surface area contributed by atoms with Crippen LogP contribution in [0.1, 0.15) is 23.8 Å². The highest BCUT2D eigenvalue weighted by Gasteiger charge is 2.10. The third kappa shape index (κ3) is 3.14. The van der Waals surface area contributed by atoms with Gasteiger partial charge in [-0.3, -0.25) is 0 Å². The van der Waals surface area contributed by atoms with E-state index in [2.05, 4.69) is 17.4 Å². The van der Waals surface area contributed by atoms with Crippen LogP contribution >= 0.6 is 0 Å². The monoisotopic (exact) mass is 245 g/mol. The third-order valence-corrected chi connectivity index (χ3v) is 3.13. The van der Waals surface area contributed by atoms with Gasteiger partial charge in [0.25, 0.3) is 0 Å². The molecule has 3 heteroatoms. The Labute approximate surface area is 108 Å². The topological polar surface area (TPSA) is 34.4 Å². The molecule has 0 radical (unpaired) electrons. The van der Waals surface area contributed by atoms with Crippen molar-refractivity contribution in [1.29, 1.82) is 0 Å². The normalized spacial score (nSPS) is 12.3. The third-order valence-electron chi connectivity index (χ3n) is 3.13. The van der Waals surface area contributed by atoms with Gasteiger partial charge in [0.1, 0.15) is 11.5 Å². The molecule has 96 valence electrons. The van der Waals surface area contributed by atoms with Crippen LogP contribution in [0.2, 0.25) is 0 Å². The molecule has 0 aliphatic heterocycles. The zero-order valence-electron chi connectivity index (χ0n) is 10.8. The molecule has 3 nitrogen and oxygen atoms in total. The van der Waals surface area contributed by atoms with Crippen LogP contribution < -0.4 is 10.1 Å². The zero-order chi connectivity index (χ0) is 12.8. The Morgan fingerprint density at radius 3 is 2.56 bits per heavy atom. The maximum atomic E-state index is 5.35. The SMILES string of the molecule is CNC(CCc1ccco1)c1ccc(OC)cc1. The molecule has 1 atom stereocenters. The summed E-state index contributed by atoms with van der Waals surface area (Å²) in [6.07, 6.45) is 3.66. The van der Waals surface area contributed by atoms with Crippen molar-refractivity contribution in [1.82, 2.24) is 5.32 Å². The molecule has 0 amide bonds. The average Bonchev–Trinajstić information content (AvgIpc) is 2.93. The van der Waals surface area contributed by atoms with Crippen molar-refractivity contribution in [3.63, 3.8) is 0 Å². The van der Waals surface area contributed by atoms with Crippen molar-refractivity contribution < 1.29 is 9.15 Å². The summed E-state index contributed by atoms with van der Waals surface area (Å²) in [6.45, 7) is 0. The van der Waals surface area contributed by atoms with Crippen LogP contribution in [0.5, 0.6) is 5.75 Å². The van der Waals surface area contributed by atoms with Crippen LogP contribution in [-0.4, -0.2) is 14.2 Å². The predicted octanol–water partition coefficient (Wildman–Crippen LogP) is 3.18. The van der Waals surface area contributed by atoms with Crippen LogP contribution in [0.3, 0.4) is 0 Å². The largest absolute Gasteiger partial charge is 0.497 e. The molecule has 0 bridgehead atoms. The standard InChI is InChI=1S/C15H19NO2/c1-16-15(10-9-14-4-3-11-18-14)12-5-7-13(17-2)8-6-12/h3-8,11,15-16H,9-10H2,1-2H3. The number of hydrogen-bond donors (Lipinski definition) is 1. The molecule has 0 saturated carbocycles. The molecule has 0 aliphatic rings. The number of aryl methyl sites for hydroxylation is 1. The van der Waals surface area contributed by atoms with E-state index in [9.17, 15) is 0 Å². The smallest absolute Gasteiger partial charge is 0.118 e. The molecule has 0 fully saturated rings. The van der Waals surface area contributed by atoms with Crippen LogP contribution in [-0.2, 0) is 6.42 Å². The Hall–Kier alpha value is -1.74. The van der Waals surface area contributed by atoms with Crippen molar-refractivity contribution in [2.45, 2.75) is 18.9 Å². The molecule has 2 rings (SSSR count). The highest BCUT2D eigenvalue weighted by molar-refractivity contribution is 5.29. The first-order chi connectivity index (χ1) is 8.83. The van der Waals surface area contributed by atoms with Crippen molar-refractivity contribution in [2.24, 2.45) is 0 Å². The molecule has 0 spiro atoms. The second-order valence-electron chi connectivity index (χ2n) is 4.23. The van der Waals surface area contributed by atoms with Gasteiger partial charge in [0.05, 0.1) is 13.4 Å². The summed E-state index contributed by atoms with van der Waals surface area (Å²) < 4.78 is 10.5. The Bertz CT molecular complexity index is 448. The summed E-state index contributed by atoms with van der Waals surface area (Å²) in [6, 6.07) is 12.5. The summed E-state index contributed by atoms with van der Waals surface area (Å²) in [5, 5.41) is 3.34. The zero-order valence-corrected chi connectivity index (χ0v) is 10.8. The van der Waals surface area contributed by atoms with Crippen LogP contribution in [0.4, 0.5) is 0 Å². The number of nitrogens with one attached hydrogen (secondary N) is 1. The minimum atomic E-state index is 0.334. The molecule has 2 aromatic rings. The molecule has 18 heavy (non-hydrogen) atoms. The van der Waals surface area contributed by atoms with E-state index in [1.165, 1.54) is 5.56 Å². The first-order valence-corrected chi connectivity index (χ1v) is 6.17. The first kappa shape index (κ1) is 12.7. The van der Waals surface area contributed by atoms with E-state index in [0.29, 0.717) is 6.04 Å². The highest BCUT2D eigenvalue weighted by atomic mass is 16.5. The summed E-state index contributed by atoms with van der Waals surface area (Å²) in [7, 11) is 3.67. The molecule has 1 aromatic heterocycles. The average molecular weight is 245 g/mol. The van der Waals surface area contributed by atoms with E-state index in [-0.39, 0.29) is 0 Å². The van der Waals surface area contributed by atoms with Crippen molar-refractivity contribution in [3.8, 4) is 5.75 Å². The highest BCUT2D eigenvalue weighted by Crippen LogP contribution is 2.21. The summed E-state index contributed by atoms with van der Waals surface area (Å²) in [4.78, 5) is 0. The number of furan rings is 1. The van der Waals surface area contributed by atoms with E-state index in [1.807, 2.05) is 31.3 Å². The molecule has 0 aliphatic carbocycles. The summed E-state index contributed by atoms with van der Waals surface area (Å²) >= 11 is 0. The fourth-order valence-electron chi connectivity index (χ4n) is 2.06. The Morgan fingerprint density at radius 2 is 2.00 bits per heavy atom. The Kier molecular flexibility index (Phi) is 4.42. The van der Waals surface area contributed by atoms with Crippen molar-refractivity contribution >= 4 is 0 Å². The van der Waals surface area contributed by atoms with Gasteiger partial charge in [-0.1, -0.05) is 12.1 Å². The van der Waals surface area contributed by atoms with E-state index >= 15 is 0 Å². The van der Waals surface area contributed by atoms with E-state index in [4.69, 9.17) is 9.15 Å². The first-order valence-electron chi connectivity index (χ1n) is 6.17. The number of rotatable bonds is 6. The van der Waals surface area contributed by atoms with E-state index in [0.717, 1.165) is 24.4 Å². The minimum absolute atomic E-state index is 0.334. The predicted molar refractivity (Wildman–Crippen MR) is 71.8 cm³/mol. The molecule has 1 aromatic carbocycles. The Morgan fingerprint density at radius 1 is 1.22 bits per heavy atom. The molecule has 1 unspecified atom stereocenters. The molecular formula is C15H19NO2. The lowest BCUT2D eigenvalue weighted by molar-refractivity contribution is 0.414. The molecule has 1 N–H and O–H groups in total. The fraction of sp³-hybridized carbons (Fsp3) is 0.333. The fourth-order valence-corrected chi connectivity index (χ4v) is 2.06. The van der Waals surface area contributed by atoms with Gasteiger partial charge in [-0.25, -0.2) is 0 Å². The van der Waals surface area contributed by atoms with Crippen LogP contribution in [0.15, 0.2) is 47.1 Å². The van der Waals surface area contributed by atoms with Crippen molar-refractivity contribution in [3.05, 3.63) is 54.0 Å². The molecular weight excluding hydrogens is 226 g/mol. The van der Waals surface area contributed by atoms with Gasteiger partial charge >= 0.3 is 0 Å². The lowest BCUT2D eigenvalue weighted by atomic mass is 10.0. The second-order valence-corrected chi connectivity index (χ2v) is 4.23. The van der Waals surface area contributed by atoms with Gasteiger partial charge < -0.3 is 14.5 Å². The molecule has 1 heterocycles. The summed E-state index contributed by atoms with van der Waals surface area (Å²) in [5.74, 6) is 1.92. The Balaban J connectivity index is 1.98. The number of ether oxygens (including phenoxy) is 1. The summed E-state index contributed by atoms with van der Waals surface area (Å²) in [5.41, 5.74) is 1.27. The minimum Gasteiger partial charge on any atom is -0.497 e. The lowest BCUT2D eigenvalue weighted by Crippen LogP contribution is -2.16. The second kappa shape index (κ2) is 6.26. The maximum Gasteiger partial charge on any atom is 0.118 e. The van der Waals surface area contributed by atoms with E-state index < -0.39 is 0 Å². The van der Waals surface area contributed by atoms with Crippen LogP contribution in [0, 0.1) is 0 Å². The van der Waals surface area contributed by atoms with Crippen molar-refractivity contribution in [2.75, 3.05) is 14.2 Å². The maximum absolute atomic E-state index is 5.35. The number of benzene rings is 1. The van der Waals surface area contributed by atoms with Gasteiger partial charge in [-0.15, -0.1) is 0 Å². The van der Waals surface area contributed by atoms with Crippen LogP contribution in [0.25, 0.3) is 0 Å². The van der Waals surface area contributed by atoms with Gasteiger partial charge in [-0.2, -0.15) is 0 Å². The number of hydrogen-bond acceptors (Lipinski definition) is 3.